The minimum absolute atomic E-state index is 0.154. The minimum atomic E-state index is -1.25. The molecule has 0 atom stereocenters. The lowest BCUT2D eigenvalue weighted by atomic mass is 10.1. The fraction of sp³-hybridized carbons (Fsp3) is 0.133. The number of benzene rings is 2. The zero-order valence-corrected chi connectivity index (χ0v) is 11.1. The Morgan fingerprint density at radius 1 is 1.14 bits per heavy atom. The number of anilines is 1. The van der Waals surface area contributed by atoms with Gasteiger partial charge in [0.1, 0.15) is 5.82 Å². The van der Waals surface area contributed by atoms with Crippen molar-refractivity contribution in [2.45, 2.75) is 6.54 Å². The van der Waals surface area contributed by atoms with Crippen LogP contribution >= 0.6 is 0 Å². The Morgan fingerprint density at radius 3 is 2.43 bits per heavy atom. The maximum Gasteiger partial charge on any atom is 0.337 e. The second-order valence-corrected chi connectivity index (χ2v) is 4.29. The molecule has 0 amide bonds. The summed E-state index contributed by atoms with van der Waals surface area (Å²) in [5.41, 5.74) is 0.834. The third-order valence-electron chi connectivity index (χ3n) is 2.85. The topological polar surface area (TPSA) is 38.3 Å². The molecular weight excluding hydrogens is 283 g/mol. The predicted molar refractivity (Wildman–Crippen MR) is 71.4 cm³/mol. The molecule has 0 unspecified atom stereocenters. The molecule has 0 spiro atoms. The van der Waals surface area contributed by atoms with Crippen molar-refractivity contribution >= 4 is 11.7 Å². The molecule has 21 heavy (non-hydrogen) atoms. The first kappa shape index (κ1) is 14.9. The molecule has 2 rings (SSSR count). The Kier molecular flexibility index (Phi) is 4.47. The third-order valence-corrected chi connectivity index (χ3v) is 2.85. The van der Waals surface area contributed by atoms with E-state index in [0.717, 1.165) is 6.07 Å². The molecule has 0 saturated carbocycles. The van der Waals surface area contributed by atoms with Crippen LogP contribution in [0.25, 0.3) is 0 Å². The number of hydrogen-bond donors (Lipinski definition) is 1. The Morgan fingerprint density at radius 2 is 1.81 bits per heavy atom. The van der Waals surface area contributed by atoms with Crippen molar-refractivity contribution in [3.63, 3.8) is 0 Å². The highest BCUT2D eigenvalue weighted by Gasteiger charge is 2.11. The van der Waals surface area contributed by atoms with Gasteiger partial charge < -0.3 is 10.1 Å². The standard InChI is InChI=1S/C15H12F3NO2/c1-21-15(20)10-4-2-9(3-5-10)8-19-13-7-11(16)6-12(17)14(13)18/h2-7,19H,8H2,1H3. The molecular formula is C15H12F3NO2. The van der Waals surface area contributed by atoms with Crippen molar-refractivity contribution < 1.29 is 22.7 Å². The summed E-state index contributed by atoms with van der Waals surface area (Å²) in [6.07, 6.45) is 0. The molecule has 0 aliphatic carbocycles. The first-order chi connectivity index (χ1) is 10.0. The molecule has 3 nitrogen and oxygen atoms in total. The van der Waals surface area contributed by atoms with Crippen LogP contribution in [-0.4, -0.2) is 13.1 Å². The molecule has 2 aromatic carbocycles. The maximum absolute atomic E-state index is 13.4. The van der Waals surface area contributed by atoms with Crippen LogP contribution in [0.3, 0.4) is 0 Å². The minimum Gasteiger partial charge on any atom is -0.465 e. The molecule has 0 bridgehead atoms. The van der Waals surface area contributed by atoms with Gasteiger partial charge in [-0.25, -0.2) is 18.0 Å². The highest BCUT2D eigenvalue weighted by molar-refractivity contribution is 5.89. The highest BCUT2D eigenvalue weighted by atomic mass is 19.2. The summed E-state index contributed by atoms with van der Waals surface area (Å²) in [5.74, 6) is -3.72. The second kappa shape index (κ2) is 6.30. The van der Waals surface area contributed by atoms with Gasteiger partial charge in [0.25, 0.3) is 0 Å². The first-order valence-electron chi connectivity index (χ1n) is 6.07. The van der Waals surface area contributed by atoms with E-state index in [1.54, 1.807) is 24.3 Å². The number of ether oxygens (including phenoxy) is 1. The molecule has 6 heteroatoms. The summed E-state index contributed by atoms with van der Waals surface area (Å²) in [4.78, 5) is 11.3. The van der Waals surface area contributed by atoms with E-state index in [9.17, 15) is 18.0 Å². The highest BCUT2D eigenvalue weighted by Crippen LogP contribution is 2.20. The van der Waals surface area contributed by atoms with Crippen molar-refractivity contribution in [1.29, 1.82) is 0 Å². The van der Waals surface area contributed by atoms with Crippen molar-refractivity contribution in [3.8, 4) is 0 Å². The lowest BCUT2D eigenvalue weighted by Crippen LogP contribution is -2.05. The van der Waals surface area contributed by atoms with Gasteiger partial charge in [0.2, 0.25) is 0 Å². The van der Waals surface area contributed by atoms with Gasteiger partial charge in [-0.05, 0) is 17.7 Å². The first-order valence-corrected chi connectivity index (χ1v) is 6.07. The Hall–Kier alpha value is -2.50. The van der Waals surface area contributed by atoms with Crippen LogP contribution in [0.1, 0.15) is 15.9 Å². The van der Waals surface area contributed by atoms with Gasteiger partial charge in [-0.2, -0.15) is 0 Å². The number of methoxy groups -OCH3 is 1. The van der Waals surface area contributed by atoms with E-state index in [-0.39, 0.29) is 12.2 Å². The van der Waals surface area contributed by atoms with Crippen LogP contribution in [0.5, 0.6) is 0 Å². The maximum atomic E-state index is 13.4. The lowest BCUT2D eigenvalue weighted by Gasteiger charge is -2.09. The summed E-state index contributed by atoms with van der Waals surface area (Å²) in [5, 5.41) is 2.60. The smallest absolute Gasteiger partial charge is 0.337 e. The molecule has 0 aliphatic heterocycles. The molecule has 0 aromatic heterocycles. The summed E-state index contributed by atoms with van der Waals surface area (Å²) in [7, 11) is 1.28. The van der Waals surface area contributed by atoms with Gasteiger partial charge in [-0.15, -0.1) is 0 Å². The normalized spacial score (nSPS) is 10.3. The average molecular weight is 295 g/mol. The number of hydrogen-bond acceptors (Lipinski definition) is 3. The number of carbonyl (C=O) groups excluding carboxylic acids is 1. The fourth-order valence-corrected chi connectivity index (χ4v) is 1.76. The monoisotopic (exact) mass is 295 g/mol. The quantitative estimate of drug-likeness (QED) is 0.693. The van der Waals surface area contributed by atoms with Crippen LogP contribution in [0.2, 0.25) is 0 Å². The third kappa shape index (κ3) is 3.53. The molecule has 0 fully saturated rings. The van der Waals surface area contributed by atoms with E-state index in [4.69, 9.17) is 0 Å². The molecule has 1 N–H and O–H groups in total. The van der Waals surface area contributed by atoms with Crippen LogP contribution in [0, 0.1) is 17.5 Å². The molecule has 2 aromatic rings. The van der Waals surface area contributed by atoms with Crippen molar-refractivity contribution in [3.05, 3.63) is 65.0 Å². The van der Waals surface area contributed by atoms with E-state index in [2.05, 4.69) is 10.1 Å². The SMILES string of the molecule is COC(=O)c1ccc(CNc2cc(F)cc(F)c2F)cc1. The van der Waals surface area contributed by atoms with E-state index < -0.39 is 23.4 Å². The van der Waals surface area contributed by atoms with E-state index in [1.165, 1.54) is 7.11 Å². The molecule has 110 valence electrons. The zero-order valence-electron chi connectivity index (χ0n) is 11.1. The Bertz CT molecular complexity index is 657. The predicted octanol–water partition coefficient (Wildman–Crippen LogP) is 3.50. The second-order valence-electron chi connectivity index (χ2n) is 4.29. The van der Waals surface area contributed by atoms with Crippen LogP contribution in [-0.2, 0) is 11.3 Å². The zero-order chi connectivity index (χ0) is 15.4. The number of halogens is 3. The molecule has 0 radical (unpaired) electrons. The lowest BCUT2D eigenvalue weighted by molar-refractivity contribution is 0.0600. The van der Waals surface area contributed by atoms with Crippen molar-refractivity contribution in [2.24, 2.45) is 0 Å². The van der Waals surface area contributed by atoms with Crippen LogP contribution in [0.4, 0.5) is 18.9 Å². The van der Waals surface area contributed by atoms with Gasteiger partial charge in [-0.3, -0.25) is 0 Å². The summed E-state index contributed by atoms with van der Waals surface area (Å²) < 4.78 is 44.1. The van der Waals surface area contributed by atoms with Gasteiger partial charge >= 0.3 is 5.97 Å². The van der Waals surface area contributed by atoms with Gasteiger partial charge in [0, 0.05) is 18.7 Å². The van der Waals surface area contributed by atoms with E-state index in [1.807, 2.05) is 0 Å². The van der Waals surface area contributed by atoms with Gasteiger partial charge in [0.15, 0.2) is 11.6 Å². The molecule has 0 heterocycles. The van der Waals surface area contributed by atoms with Gasteiger partial charge in [-0.1, -0.05) is 12.1 Å². The van der Waals surface area contributed by atoms with Crippen molar-refractivity contribution in [1.82, 2.24) is 0 Å². The number of rotatable bonds is 4. The van der Waals surface area contributed by atoms with E-state index >= 15 is 0 Å². The molecule has 0 saturated heterocycles. The van der Waals surface area contributed by atoms with Crippen LogP contribution in [0.15, 0.2) is 36.4 Å². The average Bonchev–Trinajstić information content (AvgIpc) is 2.49. The van der Waals surface area contributed by atoms with Crippen molar-refractivity contribution in [2.75, 3.05) is 12.4 Å². The summed E-state index contributed by atoms with van der Waals surface area (Å²) in [6.45, 7) is 0.154. The van der Waals surface area contributed by atoms with E-state index in [0.29, 0.717) is 17.2 Å². The van der Waals surface area contributed by atoms with Crippen LogP contribution < -0.4 is 5.32 Å². The Labute approximate surface area is 119 Å². The molecule has 0 aliphatic rings. The Balaban J connectivity index is 2.08. The summed E-state index contributed by atoms with van der Waals surface area (Å²) >= 11 is 0. The number of carbonyl (C=O) groups is 1. The summed E-state index contributed by atoms with van der Waals surface area (Å²) in [6, 6.07) is 7.71. The van der Waals surface area contributed by atoms with Gasteiger partial charge in [0.05, 0.1) is 18.4 Å². The number of esters is 1. The number of nitrogens with one attached hydrogen (secondary N) is 1. The largest absolute Gasteiger partial charge is 0.465 e. The fourth-order valence-electron chi connectivity index (χ4n) is 1.76.